The number of guanidine groups is 1. The van der Waals surface area contributed by atoms with Crippen LogP contribution in [-0.2, 0) is 21.3 Å². The van der Waals surface area contributed by atoms with Crippen LogP contribution in [-0.4, -0.2) is 86.9 Å². The molecule has 0 atom stereocenters. The summed E-state index contributed by atoms with van der Waals surface area (Å²) in [5, 5.41) is 3.28. The van der Waals surface area contributed by atoms with Crippen LogP contribution in [0.15, 0.2) is 23.2 Å². The number of hydrogen-bond acceptors (Lipinski definition) is 6. The van der Waals surface area contributed by atoms with Gasteiger partial charge in [0.25, 0.3) is 0 Å². The Balaban J connectivity index is 1.94. The molecule has 0 amide bonds. The SMILES string of the molecule is CCNC(=NCc1cccc(OC)n1)N1CCN(S(=O)(=O)CCOC(C)C)CC1. The molecule has 2 rings (SSSR count). The molecule has 0 radical (unpaired) electrons. The van der Waals surface area contributed by atoms with Gasteiger partial charge in [0, 0.05) is 38.8 Å². The van der Waals surface area contributed by atoms with Gasteiger partial charge in [-0.05, 0) is 26.8 Å². The Kier molecular flexibility index (Phi) is 9.12. The molecule has 164 valence electrons. The Hall–Kier alpha value is -1.91. The van der Waals surface area contributed by atoms with Crippen molar-refractivity contribution in [1.29, 1.82) is 0 Å². The number of sulfonamides is 1. The standard InChI is InChI=1S/C19H33N5O4S/c1-5-20-19(21-15-17-7-6-8-18(22-17)27-4)23-9-11-24(12-10-23)29(25,26)14-13-28-16(2)3/h6-8,16H,5,9-15H2,1-4H3,(H,20,21). The second-order valence-electron chi connectivity index (χ2n) is 6.96. The zero-order valence-electron chi connectivity index (χ0n) is 17.8. The van der Waals surface area contributed by atoms with Crippen LogP contribution in [0.2, 0.25) is 0 Å². The number of nitrogens with zero attached hydrogens (tertiary/aromatic N) is 4. The van der Waals surface area contributed by atoms with E-state index in [0.29, 0.717) is 38.6 Å². The van der Waals surface area contributed by atoms with E-state index in [-0.39, 0.29) is 18.5 Å². The van der Waals surface area contributed by atoms with Gasteiger partial charge in [0.15, 0.2) is 5.96 Å². The summed E-state index contributed by atoms with van der Waals surface area (Å²) >= 11 is 0. The first-order valence-electron chi connectivity index (χ1n) is 9.98. The van der Waals surface area contributed by atoms with E-state index in [1.807, 2.05) is 32.9 Å². The molecular weight excluding hydrogens is 394 g/mol. The summed E-state index contributed by atoms with van der Waals surface area (Å²) < 4.78 is 37.1. The third-order valence-electron chi connectivity index (χ3n) is 4.44. The number of aliphatic imine (C=N–C) groups is 1. The minimum absolute atomic E-state index is 0.0147. The molecule has 0 saturated carbocycles. The van der Waals surface area contributed by atoms with Gasteiger partial charge in [-0.3, -0.25) is 0 Å². The highest BCUT2D eigenvalue weighted by Crippen LogP contribution is 2.11. The molecule has 10 heteroatoms. The predicted molar refractivity (Wildman–Crippen MR) is 114 cm³/mol. The van der Waals surface area contributed by atoms with Gasteiger partial charge in [-0.2, -0.15) is 4.31 Å². The van der Waals surface area contributed by atoms with E-state index in [1.54, 1.807) is 17.5 Å². The maximum absolute atomic E-state index is 12.5. The summed E-state index contributed by atoms with van der Waals surface area (Å²) in [6.07, 6.45) is 0.0278. The maximum Gasteiger partial charge on any atom is 0.216 e. The summed E-state index contributed by atoms with van der Waals surface area (Å²) in [6.45, 7) is 9.22. The van der Waals surface area contributed by atoms with Crippen molar-refractivity contribution in [2.45, 2.75) is 33.4 Å². The Morgan fingerprint density at radius 1 is 1.28 bits per heavy atom. The van der Waals surface area contributed by atoms with Crippen molar-refractivity contribution in [3.8, 4) is 5.88 Å². The second kappa shape index (κ2) is 11.3. The van der Waals surface area contributed by atoms with Crippen LogP contribution in [0.4, 0.5) is 0 Å². The van der Waals surface area contributed by atoms with Gasteiger partial charge in [-0.15, -0.1) is 0 Å². The molecule has 2 heterocycles. The monoisotopic (exact) mass is 427 g/mol. The van der Waals surface area contributed by atoms with Crippen LogP contribution < -0.4 is 10.1 Å². The average Bonchev–Trinajstić information content (AvgIpc) is 2.71. The summed E-state index contributed by atoms with van der Waals surface area (Å²) in [7, 11) is -1.72. The second-order valence-corrected chi connectivity index (χ2v) is 9.05. The predicted octanol–water partition coefficient (Wildman–Crippen LogP) is 0.928. The van der Waals surface area contributed by atoms with Gasteiger partial charge in [-0.25, -0.2) is 18.4 Å². The number of nitrogens with one attached hydrogen (secondary N) is 1. The number of hydrogen-bond donors (Lipinski definition) is 1. The largest absolute Gasteiger partial charge is 0.481 e. The molecule has 0 spiro atoms. The number of aromatic nitrogens is 1. The van der Waals surface area contributed by atoms with Crippen LogP contribution >= 0.6 is 0 Å². The van der Waals surface area contributed by atoms with E-state index in [9.17, 15) is 8.42 Å². The van der Waals surface area contributed by atoms with Crippen LogP contribution in [0.25, 0.3) is 0 Å². The summed E-state index contributed by atoms with van der Waals surface area (Å²) in [4.78, 5) is 11.1. The molecule has 1 N–H and O–H groups in total. The quantitative estimate of drug-likeness (QED) is 0.463. The number of rotatable bonds is 9. The summed E-state index contributed by atoms with van der Waals surface area (Å²) in [6, 6.07) is 5.58. The molecule has 0 bridgehead atoms. The minimum atomic E-state index is -3.31. The van der Waals surface area contributed by atoms with Gasteiger partial charge in [-0.1, -0.05) is 6.07 Å². The fourth-order valence-corrected chi connectivity index (χ4v) is 4.22. The average molecular weight is 428 g/mol. The molecule has 1 aromatic rings. The lowest BCUT2D eigenvalue weighted by Crippen LogP contribution is -2.54. The van der Waals surface area contributed by atoms with Crippen molar-refractivity contribution < 1.29 is 17.9 Å². The first-order valence-corrected chi connectivity index (χ1v) is 11.6. The third-order valence-corrected chi connectivity index (χ3v) is 6.27. The molecule has 29 heavy (non-hydrogen) atoms. The molecule has 1 aliphatic rings. The fourth-order valence-electron chi connectivity index (χ4n) is 2.94. The molecule has 1 aliphatic heterocycles. The van der Waals surface area contributed by atoms with Gasteiger partial charge in [0.05, 0.1) is 37.8 Å². The first-order chi connectivity index (χ1) is 13.9. The lowest BCUT2D eigenvalue weighted by Gasteiger charge is -2.35. The van der Waals surface area contributed by atoms with E-state index in [4.69, 9.17) is 9.47 Å². The molecule has 1 aromatic heterocycles. The number of piperazine rings is 1. The smallest absolute Gasteiger partial charge is 0.216 e. The fraction of sp³-hybridized carbons (Fsp3) is 0.684. The molecule has 0 aliphatic carbocycles. The Bertz CT molecular complexity index is 762. The first kappa shape index (κ1) is 23.4. The highest BCUT2D eigenvalue weighted by molar-refractivity contribution is 7.89. The molecule has 0 aromatic carbocycles. The van der Waals surface area contributed by atoms with Crippen LogP contribution in [0, 0.1) is 0 Å². The van der Waals surface area contributed by atoms with Crippen molar-refractivity contribution in [1.82, 2.24) is 19.5 Å². The molecule has 9 nitrogen and oxygen atoms in total. The van der Waals surface area contributed by atoms with Crippen LogP contribution in [0.5, 0.6) is 5.88 Å². The maximum atomic E-state index is 12.5. The molecular formula is C19H33N5O4S. The van der Waals surface area contributed by atoms with Crippen molar-refractivity contribution in [3.05, 3.63) is 23.9 Å². The van der Waals surface area contributed by atoms with Crippen molar-refractivity contribution >= 4 is 16.0 Å². The number of pyridine rings is 1. The summed E-state index contributed by atoms with van der Waals surface area (Å²) in [5.41, 5.74) is 0.811. The van der Waals surface area contributed by atoms with Gasteiger partial charge >= 0.3 is 0 Å². The van der Waals surface area contributed by atoms with Crippen LogP contribution in [0.1, 0.15) is 26.5 Å². The topological polar surface area (TPSA) is 96.4 Å². The molecule has 1 saturated heterocycles. The van der Waals surface area contributed by atoms with E-state index in [0.717, 1.165) is 18.2 Å². The highest BCUT2D eigenvalue weighted by atomic mass is 32.2. The highest BCUT2D eigenvalue weighted by Gasteiger charge is 2.28. The molecule has 0 unspecified atom stereocenters. The summed E-state index contributed by atoms with van der Waals surface area (Å²) in [5.74, 6) is 1.33. The van der Waals surface area contributed by atoms with E-state index in [2.05, 4.69) is 20.2 Å². The van der Waals surface area contributed by atoms with E-state index < -0.39 is 10.0 Å². The lowest BCUT2D eigenvalue weighted by molar-refractivity contribution is 0.0904. The minimum Gasteiger partial charge on any atom is -0.481 e. The number of ether oxygens (including phenoxy) is 2. The van der Waals surface area contributed by atoms with Crippen LogP contribution in [0.3, 0.4) is 0 Å². The van der Waals surface area contributed by atoms with Crippen molar-refractivity contribution in [3.63, 3.8) is 0 Å². The van der Waals surface area contributed by atoms with E-state index >= 15 is 0 Å². The molecule has 1 fully saturated rings. The Morgan fingerprint density at radius 3 is 2.62 bits per heavy atom. The lowest BCUT2D eigenvalue weighted by atomic mass is 10.3. The third kappa shape index (κ3) is 7.45. The Morgan fingerprint density at radius 2 is 2.00 bits per heavy atom. The van der Waals surface area contributed by atoms with Gasteiger partial charge in [0.2, 0.25) is 15.9 Å². The van der Waals surface area contributed by atoms with Crippen molar-refractivity contribution in [2.24, 2.45) is 4.99 Å². The van der Waals surface area contributed by atoms with Gasteiger partial charge in [0.1, 0.15) is 0 Å². The normalized spacial score (nSPS) is 16.3. The van der Waals surface area contributed by atoms with Gasteiger partial charge < -0.3 is 19.7 Å². The zero-order chi connectivity index (χ0) is 21.3. The Labute approximate surface area is 174 Å². The number of methoxy groups -OCH3 is 1. The zero-order valence-corrected chi connectivity index (χ0v) is 18.6. The van der Waals surface area contributed by atoms with E-state index in [1.165, 1.54) is 0 Å². The van der Waals surface area contributed by atoms with Crippen molar-refractivity contribution in [2.75, 3.05) is 52.2 Å².